The molecule has 3 rings (SSSR count). The van der Waals surface area contributed by atoms with Crippen LogP contribution >= 0.6 is 0 Å². The highest BCUT2D eigenvalue weighted by Crippen LogP contribution is 2.33. The Labute approximate surface area is 166 Å². The van der Waals surface area contributed by atoms with Crippen LogP contribution in [0.4, 0.5) is 0 Å². The minimum Gasteiger partial charge on any atom is -0.497 e. The van der Waals surface area contributed by atoms with E-state index in [1.807, 2.05) is 33.0 Å². The van der Waals surface area contributed by atoms with Gasteiger partial charge in [-0.25, -0.2) is 0 Å². The van der Waals surface area contributed by atoms with Crippen LogP contribution in [0.25, 0.3) is 21.8 Å². The molecule has 0 aliphatic rings. The summed E-state index contributed by atoms with van der Waals surface area (Å²) in [6, 6.07) is 8.29. The van der Waals surface area contributed by atoms with Crippen molar-refractivity contribution in [2.75, 3.05) is 7.11 Å². The predicted octanol–water partition coefficient (Wildman–Crippen LogP) is 5.41. The van der Waals surface area contributed by atoms with Crippen LogP contribution in [0.3, 0.4) is 0 Å². The van der Waals surface area contributed by atoms with E-state index in [1.165, 1.54) is 16.3 Å². The van der Waals surface area contributed by atoms with Crippen molar-refractivity contribution >= 4 is 27.8 Å². The number of pyridine rings is 1. The zero-order valence-electron chi connectivity index (χ0n) is 17.5. The standard InChI is InChI=1S/C23H30N2O3/c1-16-22-19(12-13-24-16)18-11-10-17(27-5)15-20(18)25(22)14-8-6-7-9-21(26)28-23(2,3)4/h10-13,15H,6-9,14H2,1-5H3. The van der Waals surface area contributed by atoms with Gasteiger partial charge in [0, 0.05) is 36.0 Å². The van der Waals surface area contributed by atoms with Gasteiger partial charge >= 0.3 is 5.97 Å². The van der Waals surface area contributed by atoms with Crippen molar-refractivity contribution in [3.05, 3.63) is 36.2 Å². The number of esters is 1. The van der Waals surface area contributed by atoms with Gasteiger partial charge in [0.15, 0.2) is 0 Å². The van der Waals surface area contributed by atoms with E-state index in [-0.39, 0.29) is 5.97 Å². The third-order valence-corrected chi connectivity index (χ3v) is 4.85. The first-order valence-electron chi connectivity index (χ1n) is 9.93. The van der Waals surface area contributed by atoms with Gasteiger partial charge in [0.25, 0.3) is 0 Å². The molecule has 0 spiro atoms. The van der Waals surface area contributed by atoms with Gasteiger partial charge < -0.3 is 14.0 Å². The lowest BCUT2D eigenvalue weighted by Gasteiger charge is -2.19. The number of hydrogen-bond acceptors (Lipinski definition) is 4. The molecule has 3 aromatic rings. The molecule has 0 amide bonds. The summed E-state index contributed by atoms with van der Waals surface area (Å²) in [5.41, 5.74) is 2.96. The second kappa shape index (κ2) is 8.21. The first-order chi connectivity index (χ1) is 13.3. The molecule has 0 saturated heterocycles. The lowest BCUT2D eigenvalue weighted by molar-refractivity contribution is -0.154. The van der Waals surface area contributed by atoms with E-state index in [0.29, 0.717) is 6.42 Å². The van der Waals surface area contributed by atoms with Crippen molar-refractivity contribution in [1.29, 1.82) is 0 Å². The van der Waals surface area contributed by atoms with Gasteiger partial charge in [0.05, 0.1) is 23.8 Å². The summed E-state index contributed by atoms with van der Waals surface area (Å²) < 4.78 is 13.1. The molecule has 0 aliphatic heterocycles. The summed E-state index contributed by atoms with van der Waals surface area (Å²) in [6.07, 6.45) is 5.15. The van der Waals surface area contributed by atoms with Crippen LogP contribution in [0.15, 0.2) is 30.5 Å². The smallest absolute Gasteiger partial charge is 0.306 e. The number of aryl methyl sites for hydroxylation is 2. The van der Waals surface area contributed by atoms with Gasteiger partial charge in [0.1, 0.15) is 11.4 Å². The average Bonchev–Trinajstić information content (AvgIpc) is 2.94. The quantitative estimate of drug-likeness (QED) is 0.405. The van der Waals surface area contributed by atoms with Crippen LogP contribution < -0.4 is 4.74 Å². The molecular weight excluding hydrogens is 352 g/mol. The van der Waals surface area contributed by atoms with Gasteiger partial charge in [-0.2, -0.15) is 0 Å². The number of ether oxygens (including phenoxy) is 2. The molecule has 2 aromatic heterocycles. The molecule has 0 aliphatic carbocycles. The largest absolute Gasteiger partial charge is 0.497 e. The molecule has 0 atom stereocenters. The molecule has 0 bridgehead atoms. The number of carbonyl (C=O) groups is 1. The monoisotopic (exact) mass is 382 g/mol. The molecule has 0 saturated carbocycles. The molecule has 0 radical (unpaired) electrons. The maximum absolute atomic E-state index is 11.9. The van der Waals surface area contributed by atoms with Crippen LogP contribution in [-0.4, -0.2) is 28.2 Å². The number of rotatable bonds is 7. The normalized spacial score (nSPS) is 11.9. The Morgan fingerprint density at radius 2 is 1.89 bits per heavy atom. The highest BCUT2D eigenvalue weighted by molar-refractivity contribution is 6.09. The first-order valence-corrected chi connectivity index (χ1v) is 9.93. The lowest BCUT2D eigenvalue weighted by Crippen LogP contribution is -2.23. The predicted molar refractivity (Wildman–Crippen MR) is 113 cm³/mol. The Morgan fingerprint density at radius 3 is 2.61 bits per heavy atom. The number of methoxy groups -OCH3 is 1. The van der Waals surface area contributed by atoms with Gasteiger partial charge in [-0.1, -0.05) is 6.42 Å². The molecule has 28 heavy (non-hydrogen) atoms. The van der Waals surface area contributed by atoms with E-state index in [2.05, 4.69) is 34.7 Å². The van der Waals surface area contributed by atoms with Crippen molar-refractivity contribution < 1.29 is 14.3 Å². The number of nitrogens with zero attached hydrogens (tertiary/aromatic N) is 2. The fourth-order valence-electron chi connectivity index (χ4n) is 3.67. The van der Waals surface area contributed by atoms with E-state index in [1.54, 1.807) is 7.11 Å². The van der Waals surface area contributed by atoms with Crippen molar-refractivity contribution in [2.45, 2.75) is 65.5 Å². The van der Waals surface area contributed by atoms with E-state index < -0.39 is 5.60 Å². The molecular formula is C23H30N2O3. The molecule has 1 aromatic carbocycles. The summed E-state index contributed by atoms with van der Waals surface area (Å²) in [5, 5.41) is 2.44. The second-order valence-corrected chi connectivity index (χ2v) is 8.22. The Morgan fingerprint density at radius 1 is 1.11 bits per heavy atom. The Balaban J connectivity index is 1.74. The zero-order valence-corrected chi connectivity index (χ0v) is 17.5. The highest BCUT2D eigenvalue weighted by atomic mass is 16.6. The van der Waals surface area contributed by atoms with E-state index in [0.717, 1.165) is 42.8 Å². The van der Waals surface area contributed by atoms with Crippen LogP contribution in [0.1, 0.15) is 52.1 Å². The SMILES string of the molecule is COc1ccc2c3ccnc(C)c3n(CCCCCC(=O)OC(C)(C)C)c2c1. The summed E-state index contributed by atoms with van der Waals surface area (Å²) in [6.45, 7) is 8.64. The van der Waals surface area contributed by atoms with Crippen LogP contribution in [0, 0.1) is 6.92 Å². The number of unbranched alkanes of at least 4 members (excludes halogenated alkanes) is 2. The third kappa shape index (κ3) is 4.46. The minimum absolute atomic E-state index is 0.117. The van der Waals surface area contributed by atoms with Gasteiger partial charge in [-0.3, -0.25) is 9.78 Å². The van der Waals surface area contributed by atoms with Crippen LogP contribution in [-0.2, 0) is 16.1 Å². The van der Waals surface area contributed by atoms with Crippen LogP contribution in [0.2, 0.25) is 0 Å². The Kier molecular flexibility index (Phi) is 5.92. The molecule has 0 fully saturated rings. The Hall–Kier alpha value is -2.56. The average molecular weight is 383 g/mol. The van der Waals surface area contributed by atoms with Crippen molar-refractivity contribution in [3.8, 4) is 5.75 Å². The van der Waals surface area contributed by atoms with E-state index in [9.17, 15) is 4.79 Å². The maximum atomic E-state index is 11.9. The topological polar surface area (TPSA) is 53.4 Å². The van der Waals surface area contributed by atoms with Gasteiger partial charge in [-0.05, 0) is 58.7 Å². The highest BCUT2D eigenvalue weighted by Gasteiger charge is 2.16. The second-order valence-electron chi connectivity index (χ2n) is 8.22. The fourth-order valence-corrected chi connectivity index (χ4v) is 3.67. The summed E-state index contributed by atoms with van der Waals surface area (Å²) in [7, 11) is 1.69. The molecule has 150 valence electrons. The van der Waals surface area contributed by atoms with Crippen molar-refractivity contribution in [3.63, 3.8) is 0 Å². The first kappa shape index (κ1) is 20.2. The van der Waals surface area contributed by atoms with Gasteiger partial charge in [0.2, 0.25) is 0 Å². The molecule has 2 heterocycles. The number of fused-ring (bicyclic) bond motifs is 3. The third-order valence-electron chi connectivity index (χ3n) is 4.85. The van der Waals surface area contributed by atoms with Gasteiger partial charge in [-0.15, -0.1) is 0 Å². The zero-order chi connectivity index (χ0) is 20.3. The summed E-state index contributed by atoms with van der Waals surface area (Å²) in [4.78, 5) is 16.4. The molecule has 5 heteroatoms. The van der Waals surface area contributed by atoms with Crippen molar-refractivity contribution in [1.82, 2.24) is 9.55 Å². The van der Waals surface area contributed by atoms with E-state index >= 15 is 0 Å². The van der Waals surface area contributed by atoms with E-state index in [4.69, 9.17) is 9.47 Å². The van der Waals surface area contributed by atoms with Crippen LogP contribution in [0.5, 0.6) is 5.75 Å². The fraction of sp³-hybridized carbons (Fsp3) is 0.478. The number of aromatic nitrogens is 2. The minimum atomic E-state index is -0.413. The number of carbonyl (C=O) groups excluding carboxylic acids is 1. The maximum Gasteiger partial charge on any atom is 0.306 e. The summed E-state index contributed by atoms with van der Waals surface area (Å²) in [5.74, 6) is 0.737. The van der Waals surface area contributed by atoms with Crippen molar-refractivity contribution in [2.24, 2.45) is 0 Å². The number of benzene rings is 1. The summed E-state index contributed by atoms with van der Waals surface area (Å²) >= 11 is 0. The molecule has 0 unspecified atom stereocenters. The molecule has 0 N–H and O–H groups in total. The Bertz CT molecular complexity index is 983. The lowest BCUT2D eigenvalue weighted by atomic mass is 10.1. The number of hydrogen-bond donors (Lipinski definition) is 0. The molecule has 5 nitrogen and oxygen atoms in total.